The largest absolute Gasteiger partial charge is 0.479 e. The third kappa shape index (κ3) is 6.55. The maximum Gasteiger partial charge on any atom is 0.260 e. The number of carbonyl (C=O) groups is 1. The van der Waals surface area contributed by atoms with Gasteiger partial charge in [-0.15, -0.1) is 0 Å². The number of nitrogens with zero attached hydrogens (tertiary/aromatic N) is 1. The lowest BCUT2D eigenvalue weighted by atomic mass is 10.1. The summed E-state index contributed by atoms with van der Waals surface area (Å²) < 4.78 is 5.56. The average molecular weight is 333 g/mol. The molecule has 2 atom stereocenters. The van der Waals surface area contributed by atoms with Crippen LogP contribution in [-0.4, -0.2) is 44.1 Å². The van der Waals surface area contributed by atoms with E-state index in [0.717, 1.165) is 6.54 Å². The Kier molecular flexibility index (Phi) is 7.29. The first-order valence-electron chi connectivity index (χ1n) is 6.83. The minimum atomic E-state index is -0.616. The maximum atomic E-state index is 12.0. The van der Waals surface area contributed by atoms with E-state index in [4.69, 9.17) is 27.9 Å². The summed E-state index contributed by atoms with van der Waals surface area (Å²) in [7, 11) is 4.01. The number of halogens is 2. The van der Waals surface area contributed by atoms with Gasteiger partial charge in [0.25, 0.3) is 5.91 Å². The van der Waals surface area contributed by atoms with E-state index >= 15 is 0 Å². The van der Waals surface area contributed by atoms with Crippen molar-refractivity contribution in [1.29, 1.82) is 0 Å². The first-order valence-corrected chi connectivity index (χ1v) is 7.59. The zero-order valence-corrected chi connectivity index (χ0v) is 14.3. The van der Waals surface area contributed by atoms with Crippen molar-refractivity contribution in [1.82, 2.24) is 10.2 Å². The van der Waals surface area contributed by atoms with Crippen molar-refractivity contribution in [2.75, 3.05) is 27.2 Å². The number of benzene rings is 1. The van der Waals surface area contributed by atoms with E-state index in [-0.39, 0.29) is 5.91 Å². The molecule has 1 rings (SSSR count). The third-order valence-corrected chi connectivity index (χ3v) is 3.40. The number of carbonyl (C=O) groups excluding carboxylic acids is 1. The first-order chi connectivity index (χ1) is 9.79. The van der Waals surface area contributed by atoms with Gasteiger partial charge < -0.3 is 15.0 Å². The molecular weight excluding hydrogens is 311 g/mol. The molecule has 1 amide bonds. The smallest absolute Gasteiger partial charge is 0.260 e. The molecule has 1 aromatic rings. The van der Waals surface area contributed by atoms with E-state index in [1.807, 2.05) is 14.1 Å². The SMILES string of the molecule is C[C@@H](CNC(=O)[C@@H](C)Oc1ccc(Cl)cc1Cl)CN(C)C. The van der Waals surface area contributed by atoms with Crippen LogP contribution in [0.15, 0.2) is 18.2 Å². The molecule has 0 aliphatic heterocycles. The Morgan fingerprint density at radius 3 is 2.57 bits per heavy atom. The van der Waals surface area contributed by atoms with Crippen LogP contribution >= 0.6 is 23.2 Å². The Balaban J connectivity index is 2.47. The molecule has 6 heteroatoms. The predicted octanol–water partition coefficient (Wildman–Crippen LogP) is 3.07. The normalized spacial score (nSPS) is 13.9. The fourth-order valence-electron chi connectivity index (χ4n) is 1.92. The highest BCUT2D eigenvalue weighted by atomic mass is 35.5. The van der Waals surface area contributed by atoms with Crippen LogP contribution in [0.5, 0.6) is 5.75 Å². The van der Waals surface area contributed by atoms with Crippen LogP contribution in [0.25, 0.3) is 0 Å². The summed E-state index contributed by atoms with van der Waals surface area (Å²) in [5.41, 5.74) is 0. The molecule has 0 unspecified atom stereocenters. The number of hydrogen-bond donors (Lipinski definition) is 1. The molecule has 1 N–H and O–H groups in total. The van der Waals surface area contributed by atoms with Gasteiger partial charge in [0.1, 0.15) is 5.75 Å². The molecule has 4 nitrogen and oxygen atoms in total. The van der Waals surface area contributed by atoms with Gasteiger partial charge in [0.15, 0.2) is 6.10 Å². The van der Waals surface area contributed by atoms with E-state index in [1.165, 1.54) is 0 Å². The Hall–Kier alpha value is -0.970. The fourth-order valence-corrected chi connectivity index (χ4v) is 2.37. The molecule has 0 bridgehead atoms. The third-order valence-electron chi connectivity index (χ3n) is 2.87. The number of amides is 1. The van der Waals surface area contributed by atoms with Gasteiger partial charge in [-0.3, -0.25) is 4.79 Å². The first kappa shape index (κ1) is 18.1. The topological polar surface area (TPSA) is 41.6 Å². The molecule has 118 valence electrons. The van der Waals surface area contributed by atoms with Crippen molar-refractivity contribution in [2.24, 2.45) is 5.92 Å². The minimum Gasteiger partial charge on any atom is -0.479 e. The van der Waals surface area contributed by atoms with Gasteiger partial charge in [-0.05, 0) is 45.1 Å². The second kappa shape index (κ2) is 8.47. The fraction of sp³-hybridized carbons (Fsp3) is 0.533. The highest BCUT2D eigenvalue weighted by molar-refractivity contribution is 6.35. The molecule has 21 heavy (non-hydrogen) atoms. The molecule has 0 aromatic heterocycles. The zero-order chi connectivity index (χ0) is 16.0. The molecule has 0 saturated heterocycles. The predicted molar refractivity (Wildman–Crippen MR) is 87.3 cm³/mol. The van der Waals surface area contributed by atoms with E-state index in [9.17, 15) is 4.79 Å². The second-order valence-electron chi connectivity index (χ2n) is 5.45. The summed E-state index contributed by atoms with van der Waals surface area (Å²) >= 11 is 11.8. The number of nitrogens with one attached hydrogen (secondary N) is 1. The molecule has 1 aromatic carbocycles. The van der Waals surface area contributed by atoms with Gasteiger partial charge in [0.2, 0.25) is 0 Å². The lowest BCUT2D eigenvalue weighted by Gasteiger charge is -2.19. The van der Waals surface area contributed by atoms with Crippen molar-refractivity contribution in [2.45, 2.75) is 20.0 Å². The van der Waals surface area contributed by atoms with Gasteiger partial charge in [0.05, 0.1) is 5.02 Å². The highest BCUT2D eigenvalue weighted by Crippen LogP contribution is 2.28. The van der Waals surface area contributed by atoms with Crippen LogP contribution in [-0.2, 0) is 4.79 Å². The Morgan fingerprint density at radius 2 is 2.00 bits per heavy atom. The summed E-state index contributed by atoms with van der Waals surface area (Å²) in [4.78, 5) is 14.1. The van der Waals surface area contributed by atoms with Crippen molar-refractivity contribution in [3.05, 3.63) is 28.2 Å². The molecule has 0 fully saturated rings. The number of ether oxygens (including phenoxy) is 1. The van der Waals surface area contributed by atoms with Gasteiger partial charge in [-0.2, -0.15) is 0 Å². The van der Waals surface area contributed by atoms with Gasteiger partial charge >= 0.3 is 0 Å². The Bertz CT molecular complexity index is 481. The second-order valence-corrected chi connectivity index (χ2v) is 6.29. The summed E-state index contributed by atoms with van der Waals surface area (Å²) in [6.45, 7) is 5.30. The van der Waals surface area contributed by atoms with E-state index in [2.05, 4.69) is 17.1 Å². The van der Waals surface area contributed by atoms with Crippen LogP contribution in [0.3, 0.4) is 0 Å². The van der Waals surface area contributed by atoms with Crippen LogP contribution in [0, 0.1) is 5.92 Å². The van der Waals surface area contributed by atoms with E-state index in [0.29, 0.717) is 28.3 Å². The van der Waals surface area contributed by atoms with Crippen LogP contribution < -0.4 is 10.1 Å². The van der Waals surface area contributed by atoms with E-state index < -0.39 is 6.10 Å². The maximum absolute atomic E-state index is 12.0. The van der Waals surface area contributed by atoms with Crippen LogP contribution in [0.4, 0.5) is 0 Å². The van der Waals surface area contributed by atoms with E-state index in [1.54, 1.807) is 25.1 Å². The summed E-state index contributed by atoms with van der Waals surface area (Å²) in [6, 6.07) is 4.91. The molecular formula is C15H22Cl2N2O2. The van der Waals surface area contributed by atoms with Gasteiger partial charge in [-0.25, -0.2) is 0 Å². The summed E-state index contributed by atoms with van der Waals surface area (Å²) in [6.07, 6.45) is -0.616. The molecule has 0 aliphatic rings. The number of rotatable bonds is 7. The van der Waals surface area contributed by atoms with Crippen molar-refractivity contribution in [3.8, 4) is 5.75 Å². The monoisotopic (exact) mass is 332 g/mol. The van der Waals surface area contributed by atoms with Crippen LogP contribution in [0.1, 0.15) is 13.8 Å². The number of hydrogen-bond acceptors (Lipinski definition) is 3. The van der Waals surface area contributed by atoms with Crippen molar-refractivity contribution >= 4 is 29.1 Å². The minimum absolute atomic E-state index is 0.161. The molecule has 0 heterocycles. The molecule has 0 aliphatic carbocycles. The van der Waals surface area contributed by atoms with Crippen molar-refractivity contribution in [3.63, 3.8) is 0 Å². The summed E-state index contributed by atoms with van der Waals surface area (Å²) in [5.74, 6) is 0.659. The molecule has 0 saturated carbocycles. The molecule has 0 spiro atoms. The van der Waals surface area contributed by atoms with Gasteiger partial charge in [-0.1, -0.05) is 30.1 Å². The quantitative estimate of drug-likeness (QED) is 0.834. The van der Waals surface area contributed by atoms with Crippen molar-refractivity contribution < 1.29 is 9.53 Å². The average Bonchev–Trinajstić information content (AvgIpc) is 2.38. The lowest BCUT2D eigenvalue weighted by Crippen LogP contribution is -2.40. The van der Waals surface area contributed by atoms with Gasteiger partial charge in [0, 0.05) is 18.1 Å². The Morgan fingerprint density at radius 1 is 1.33 bits per heavy atom. The summed E-state index contributed by atoms with van der Waals surface area (Å²) in [5, 5.41) is 3.80. The lowest BCUT2D eigenvalue weighted by molar-refractivity contribution is -0.127. The highest BCUT2D eigenvalue weighted by Gasteiger charge is 2.17. The Labute approximate surface area is 136 Å². The molecule has 0 radical (unpaired) electrons. The van der Waals surface area contributed by atoms with Crippen LogP contribution in [0.2, 0.25) is 10.0 Å². The zero-order valence-electron chi connectivity index (χ0n) is 12.8. The standard InChI is InChI=1S/C15H22Cl2N2O2/c1-10(9-19(3)4)8-18-15(20)11(2)21-14-6-5-12(16)7-13(14)17/h5-7,10-11H,8-9H2,1-4H3,(H,18,20)/t10-,11+/m0/s1.